The van der Waals surface area contributed by atoms with Crippen LogP contribution in [0.3, 0.4) is 0 Å². The van der Waals surface area contributed by atoms with E-state index in [2.05, 4.69) is 281 Å². The van der Waals surface area contributed by atoms with Crippen LogP contribution in [0.2, 0.25) is 0 Å². The summed E-state index contributed by atoms with van der Waals surface area (Å²) < 4.78 is 0. The van der Waals surface area contributed by atoms with Gasteiger partial charge >= 0.3 is 0 Å². The zero-order valence-corrected chi connectivity index (χ0v) is 43.1. The summed E-state index contributed by atoms with van der Waals surface area (Å²) in [6, 6.07) is 94.5. The first-order chi connectivity index (χ1) is 37.2. The summed E-state index contributed by atoms with van der Waals surface area (Å²) in [7, 11) is 0. The van der Waals surface area contributed by atoms with Gasteiger partial charge in [0.05, 0.1) is 5.41 Å². The molecule has 0 heterocycles. The molecular formula is C75H53N. The van der Waals surface area contributed by atoms with Gasteiger partial charge in [-0.2, -0.15) is 0 Å². The molecule has 0 fully saturated rings. The van der Waals surface area contributed by atoms with Crippen molar-refractivity contribution in [2.75, 3.05) is 4.90 Å². The van der Waals surface area contributed by atoms with Crippen LogP contribution in [0.5, 0.6) is 0 Å². The SMILES string of the molecule is CC1(C)c2cc(-c3ccc4ccccc4c3)ccc2-c2ccc(N(c3ccc4c(c3)-c3ccccc3C43c4ccccc4-c4ccccc43)c3ccc4c(c3)C(C)(C)c3cc(-c5cccc6ccccc56)ccc3-4)cc21. The second kappa shape index (κ2) is 15.5. The smallest absolute Gasteiger partial charge is 0.0725 e. The van der Waals surface area contributed by atoms with Crippen LogP contribution in [-0.2, 0) is 16.2 Å². The van der Waals surface area contributed by atoms with Crippen LogP contribution in [0.4, 0.5) is 17.1 Å². The molecule has 0 amide bonds. The lowest BCUT2D eigenvalue weighted by atomic mass is 9.70. The van der Waals surface area contributed by atoms with Crippen LogP contribution in [0, 0.1) is 0 Å². The van der Waals surface area contributed by atoms with Gasteiger partial charge < -0.3 is 4.90 Å². The first kappa shape index (κ1) is 43.4. The molecule has 16 rings (SSSR count). The lowest BCUT2D eigenvalue weighted by Crippen LogP contribution is -2.25. The zero-order chi connectivity index (χ0) is 50.7. The second-order valence-corrected chi connectivity index (χ2v) is 22.8. The number of rotatable bonds is 5. The summed E-state index contributed by atoms with van der Waals surface area (Å²) in [6.45, 7) is 9.67. The first-order valence-electron chi connectivity index (χ1n) is 27.0. The van der Waals surface area contributed by atoms with E-state index >= 15 is 0 Å². The van der Waals surface area contributed by atoms with Crippen LogP contribution in [0.25, 0.3) is 88.3 Å². The molecule has 0 unspecified atom stereocenters. The van der Waals surface area contributed by atoms with E-state index in [1.54, 1.807) is 0 Å². The van der Waals surface area contributed by atoms with E-state index in [4.69, 9.17) is 0 Å². The van der Waals surface area contributed by atoms with Crippen LogP contribution in [0.1, 0.15) is 72.2 Å². The van der Waals surface area contributed by atoms with Gasteiger partial charge in [0.2, 0.25) is 0 Å². The normalized spacial score (nSPS) is 14.9. The third kappa shape index (κ3) is 5.80. The largest absolute Gasteiger partial charge is 0.310 e. The highest BCUT2D eigenvalue weighted by molar-refractivity contribution is 6.00. The second-order valence-electron chi connectivity index (χ2n) is 22.8. The van der Waals surface area contributed by atoms with Gasteiger partial charge in [-0.3, -0.25) is 0 Å². The number of fused-ring (bicyclic) bond motifs is 18. The average Bonchev–Trinajstić information content (AvgIpc) is 4.15. The molecule has 12 aromatic carbocycles. The maximum Gasteiger partial charge on any atom is 0.0725 e. The van der Waals surface area contributed by atoms with Gasteiger partial charge in [0.25, 0.3) is 0 Å². The summed E-state index contributed by atoms with van der Waals surface area (Å²) in [4.78, 5) is 2.55. The van der Waals surface area contributed by atoms with E-state index in [1.807, 2.05) is 0 Å². The Labute approximate surface area is 445 Å². The van der Waals surface area contributed by atoms with Crippen molar-refractivity contribution < 1.29 is 0 Å². The van der Waals surface area contributed by atoms with Gasteiger partial charge in [0.1, 0.15) is 0 Å². The molecule has 1 heteroatoms. The Hall–Kier alpha value is -9.04. The molecule has 358 valence electrons. The standard InChI is InChI=1S/C75H53N/c1-73(2)69-41-50(49-29-28-46-16-5-6-18-48(46)40-49)30-35-60(69)62-37-32-53(44-71(62)73)76(54-33-38-63-61-36-31-51(42-70(61)74(3,4)72(63)45-54)56-24-15-19-47-17-7-8-20-55(47)56)52-34-39-68-64(43-52)59-23-11-14-27-67(59)75(68)65-25-12-9-21-57(65)58-22-10-13-26-66(58)75/h5-45H,1-4H3. The summed E-state index contributed by atoms with van der Waals surface area (Å²) in [6.07, 6.45) is 0. The number of hydrogen-bond donors (Lipinski definition) is 0. The molecule has 0 atom stereocenters. The Morgan fingerprint density at radius 3 is 1.26 bits per heavy atom. The fourth-order valence-corrected chi connectivity index (χ4v) is 14.6. The molecule has 4 aliphatic rings. The lowest BCUT2D eigenvalue weighted by molar-refractivity contribution is 0.660. The van der Waals surface area contributed by atoms with Gasteiger partial charge in [-0.1, -0.05) is 222 Å². The number of hydrogen-bond acceptors (Lipinski definition) is 1. The first-order valence-corrected chi connectivity index (χ1v) is 27.0. The molecule has 0 radical (unpaired) electrons. The molecule has 0 bridgehead atoms. The minimum absolute atomic E-state index is 0.241. The van der Waals surface area contributed by atoms with Crippen LogP contribution < -0.4 is 4.90 Å². The predicted octanol–water partition coefficient (Wildman–Crippen LogP) is 19.8. The molecule has 0 aliphatic heterocycles. The van der Waals surface area contributed by atoms with E-state index < -0.39 is 5.41 Å². The Kier molecular flexibility index (Phi) is 8.85. The molecular weight excluding hydrogens is 915 g/mol. The molecule has 0 saturated heterocycles. The van der Waals surface area contributed by atoms with Crippen molar-refractivity contribution in [3.05, 3.63) is 293 Å². The Balaban J connectivity index is 0.867. The fourth-order valence-electron chi connectivity index (χ4n) is 14.6. The highest BCUT2D eigenvalue weighted by atomic mass is 15.1. The molecule has 0 saturated carbocycles. The van der Waals surface area contributed by atoms with Gasteiger partial charge in [-0.25, -0.2) is 0 Å². The zero-order valence-electron chi connectivity index (χ0n) is 43.1. The third-order valence-electron chi connectivity index (χ3n) is 18.3. The minimum atomic E-state index is -0.411. The van der Waals surface area contributed by atoms with E-state index in [1.165, 1.54) is 133 Å². The summed E-state index contributed by atoms with van der Waals surface area (Å²) in [5.41, 5.74) is 28.9. The molecule has 12 aromatic rings. The Morgan fingerprint density at radius 1 is 0.237 bits per heavy atom. The average molecular weight is 968 g/mol. The molecule has 0 aromatic heterocycles. The van der Waals surface area contributed by atoms with Crippen molar-refractivity contribution in [2.45, 2.75) is 43.9 Å². The van der Waals surface area contributed by atoms with Gasteiger partial charge in [-0.15, -0.1) is 0 Å². The van der Waals surface area contributed by atoms with Crippen LogP contribution in [0.15, 0.2) is 249 Å². The Morgan fingerprint density at radius 2 is 0.632 bits per heavy atom. The highest BCUT2D eigenvalue weighted by Crippen LogP contribution is 2.64. The summed E-state index contributed by atoms with van der Waals surface area (Å²) in [5, 5.41) is 5.08. The van der Waals surface area contributed by atoms with E-state index in [0.717, 1.165) is 17.1 Å². The van der Waals surface area contributed by atoms with E-state index in [-0.39, 0.29) is 10.8 Å². The van der Waals surface area contributed by atoms with Crippen molar-refractivity contribution >= 4 is 38.6 Å². The topological polar surface area (TPSA) is 3.24 Å². The number of benzene rings is 12. The minimum Gasteiger partial charge on any atom is -0.310 e. The number of anilines is 3. The van der Waals surface area contributed by atoms with Crippen molar-refractivity contribution in [1.29, 1.82) is 0 Å². The quantitative estimate of drug-likeness (QED) is 0.166. The van der Waals surface area contributed by atoms with Crippen molar-refractivity contribution in [3.8, 4) is 66.8 Å². The van der Waals surface area contributed by atoms with Gasteiger partial charge in [0.15, 0.2) is 0 Å². The highest BCUT2D eigenvalue weighted by Gasteiger charge is 2.51. The van der Waals surface area contributed by atoms with Gasteiger partial charge in [0, 0.05) is 27.9 Å². The maximum atomic E-state index is 2.55. The Bertz CT molecular complexity index is 4440. The molecule has 76 heavy (non-hydrogen) atoms. The molecule has 1 nitrogen and oxygen atoms in total. The number of nitrogens with zero attached hydrogens (tertiary/aromatic N) is 1. The van der Waals surface area contributed by atoms with E-state index in [0.29, 0.717) is 0 Å². The predicted molar refractivity (Wildman–Crippen MR) is 318 cm³/mol. The van der Waals surface area contributed by atoms with Crippen molar-refractivity contribution in [1.82, 2.24) is 0 Å². The van der Waals surface area contributed by atoms with Crippen LogP contribution in [-0.4, -0.2) is 0 Å². The van der Waals surface area contributed by atoms with E-state index in [9.17, 15) is 0 Å². The maximum absolute atomic E-state index is 2.55. The molecule has 4 aliphatic carbocycles. The van der Waals surface area contributed by atoms with Crippen molar-refractivity contribution in [2.24, 2.45) is 0 Å². The molecule has 0 N–H and O–H groups in total. The van der Waals surface area contributed by atoms with Gasteiger partial charge in [-0.05, 0) is 187 Å². The third-order valence-corrected chi connectivity index (χ3v) is 18.3. The van der Waals surface area contributed by atoms with Crippen molar-refractivity contribution in [3.63, 3.8) is 0 Å². The van der Waals surface area contributed by atoms with Crippen LogP contribution >= 0.6 is 0 Å². The summed E-state index contributed by atoms with van der Waals surface area (Å²) >= 11 is 0. The molecule has 1 spiro atoms. The monoisotopic (exact) mass is 967 g/mol. The fraction of sp³-hybridized carbons (Fsp3) is 0.0933. The lowest BCUT2D eigenvalue weighted by Gasteiger charge is -2.32. The summed E-state index contributed by atoms with van der Waals surface area (Å²) in [5.74, 6) is 0.